The minimum atomic E-state index is -0.686. The largest absolute Gasteiger partial charge is 0.396 e. The maximum Gasteiger partial charge on any atom is 0.247 e. The molecule has 3 N–H and O–H groups in total. The number of aliphatic hydroxyl groups is 1. The van der Waals surface area contributed by atoms with E-state index in [0.717, 1.165) is 17.2 Å². The third kappa shape index (κ3) is 4.57. The Morgan fingerprint density at radius 3 is 2.50 bits per heavy atom. The van der Waals surface area contributed by atoms with Crippen molar-refractivity contribution in [2.24, 2.45) is 23.7 Å². The smallest absolute Gasteiger partial charge is 0.247 e. The van der Waals surface area contributed by atoms with Crippen LogP contribution < -0.4 is 10.6 Å². The van der Waals surface area contributed by atoms with Gasteiger partial charge in [-0.1, -0.05) is 49.4 Å². The van der Waals surface area contributed by atoms with Gasteiger partial charge in [-0.2, -0.15) is 0 Å². The molecule has 1 heterocycles. The number of nitrogens with one attached hydrogen (secondary N) is 2. The summed E-state index contributed by atoms with van der Waals surface area (Å²) in [5.41, 5.74) is 0.677. The van der Waals surface area contributed by atoms with Crippen LogP contribution in [-0.4, -0.2) is 54.0 Å². The number of unbranched alkanes of at least 4 members (excludes halogenated alkanes) is 2. The lowest BCUT2D eigenvalue weighted by molar-refractivity contribution is -0.140. The molecule has 4 rings (SSSR count). The lowest BCUT2D eigenvalue weighted by Crippen LogP contribution is -2.45. The molecule has 0 radical (unpaired) electrons. The van der Waals surface area contributed by atoms with Crippen molar-refractivity contribution in [3.05, 3.63) is 54.6 Å². The molecule has 7 nitrogen and oxygen atoms in total. The number of hydrogen-bond acceptors (Lipinski definition) is 4. The minimum Gasteiger partial charge on any atom is -0.396 e. The van der Waals surface area contributed by atoms with E-state index in [4.69, 9.17) is 5.11 Å². The van der Waals surface area contributed by atoms with Crippen LogP contribution in [0.4, 0.5) is 5.69 Å². The lowest BCUT2D eigenvalue weighted by atomic mass is 9.70. The van der Waals surface area contributed by atoms with Crippen LogP contribution in [0.15, 0.2) is 54.6 Å². The summed E-state index contributed by atoms with van der Waals surface area (Å²) in [5.74, 6) is -2.09. The molecule has 1 saturated heterocycles. The lowest BCUT2D eigenvalue weighted by Gasteiger charge is -2.32. The first-order valence-corrected chi connectivity index (χ1v) is 12.1. The summed E-state index contributed by atoms with van der Waals surface area (Å²) in [4.78, 5) is 41.6. The predicted molar refractivity (Wildman–Crippen MR) is 132 cm³/mol. The Morgan fingerprint density at radius 1 is 1.00 bits per heavy atom. The van der Waals surface area contributed by atoms with E-state index < -0.39 is 17.9 Å². The molecule has 2 aliphatic rings. The summed E-state index contributed by atoms with van der Waals surface area (Å²) in [5, 5.41) is 16.9. The second-order valence-electron chi connectivity index (χ2n) is 9.30. The van der Waals surface area contributed by atoms with Crippen molar-refractivity contribution in [2.45, 2.75) is 32.2 Å². The summed E-state index contributed by atoms with van der Waals surface area (Å²) >= 11 is 0. The molecule has 5 atom stereocenters. The second kappa shape index (κ2) is 10.4. The number of allylic oxidation sites excluding steroid dienone is 1. The van der Waals surface area contributed by atoms with E-state index in [2.05, 4.69) is 10.6 Å². The first-order valence-electron chi connectivity index (χ1n) is 12.1. The van der Waals surface area contributed by atoms with E-state index >= 15 is 0 Å². The Bertz CT molecular complexity index is 1100. The highest BCUT2D eigenvalue weighted by Crippen LogP contribution is 2.44. The van der Waals surface area contributed by atoms with Crippen LogP contribution >= 0.6 is 0 Å². The number of benzene rings is 2. The van der Waals surface area contributed by atoms with Crippen LogP contribution in [-0.2, 0) is 14.4 Å². The van der Waals surface area contributed by atoms with Crippen LogP contribution in [0, 0.1) is 23.7 Å². The number of aliphatic hydroxyl groups excluding tert-OH is 1. The number of carbonyl (C=O) groups excluding carboxylic acids is 3. The van der Waals surface area contributed by atoms with Gasteiger partial charge >= 0.3 is 0 Å². The SMILES string of the molecule is CNC(=O)[C@H]1[C@H]2C(=O)N(CCCCCO)[C@H](C(=O)Nc3ccc4ccccc4c3)[C@H]2C=C[C@H]1C. The standard InChI is InChI=1S/C27H33N3O4/c1-17-10-13-21-23(22(17)25(32)28-2)27(34)30(14-6-3-7-15-31)24(21)26(33)29-20-12-11-18-8-4-5-9-19(18)16-20/h4-5,8-13,16-17,21-24,31H,3,6-7,14-15H2,1-2H3,(H,28,32)(H,29,33)/t17-,21+,22-,23+,24+/m1/s1. The Balaban J connectivity index is 1.63. The van der Waals surface area contributed by atoms with Crippen LogP contribution in [0.5, 0.6) is 0 Å². The Hall–Kier alpha value is -3.19. The number of fused-ring (bicyclic) bond motifs is 2. The van der Waals surface area contributed by atoms with Gasteiger partial charge < -0.3 is 20.6 Å². The zero-order valence-corrected chi connectivity index (χ0v) is 19.7. The number of amides is 3. The third-order valence-electron chi connectivity index (χ3n) is 7.17. The zero-order valence-electron chi connectivity index (χ0n) is 19.7. The molecule has 0 saturated carbocycles. The van der Waals surface area contributed by atoms with Gasteiger partial charge in [0.25, 0.3) is 0 Å². The Labute approximate surface area is 200 Å². The van der Waals surface area contributed by atoms with Crippen molar-refractivity contribution in [1.29, 1.82) is 0 Å². The summed E-state index contributed by atoms with van der Waals surface area (Å²) in [6, 6.07) is 13.0. The van der Waals surface area contributed by atoms with Gasteiger partial charge in [-0.05, 0) is 48.1 Å². The van der Waals surface area contributed by atoms with Gasteiger partial charge in [0.1, 0.15) is 6.04 Å². The maximum absolute atomic E-state index is 13.6. The normalized spacial score (nSPS) is 25.9. The molecule has 1 aliphatic carbocycles. The molecule has 1 fully saturated rings. The molecular formula is C27H33N3O4. The van der Waals surface area contributed by atoms with Crippen LogP contribution in [0.3, 0.4) is 0 Å². The van der Waals surface area contributed by atoms with Crippen molar-refractivity contribution in [3.63, 3.8) is 0 Å². The fraction of sp³-hybridized carbons (Fsp3) is 0.444. The molecule has 3 amide bonds. The van der Waals surface area contributed by atoms with Crippen molar-refractivity contribution in [2.75, 3.05) is 25.5 Å². The number of hydrogen-bond donors (Lipinski definition) is 3. The highest BCUT2D eigenvalue weighted by molar-refractivity contribution is 6.02. The van der Waals surface area contributed by atoms with Gasteiger partial charge in [-0.3, -0.25) is 14.4 Å². The first kappa shape index (κ1) is 24.0. The predicted octanol–water partition coefficient (Wildman–Crippen LogP) is 2.95. The molecule has 2 aromatic rings. The zero-order chi connectivity index (χ0) is 24.2. The number of nitrogens with zero attached hydrogens (tertiary/aromatic N) is 1. The van der Waals surface area contributed by atoms with Crippen LogP contribution in [0.1, 0.15) is 26.2 Å². The molecule has 0 spiro atoms. The van der Waals surface area contributed by atoms with E-state index in [-0.39, 0.29) is 36.2 Å². The van der Waals surface area contributed by atoms with Gasteiger partial charge in [0.2, 0.25) is 17.7 Å². The second-order valence-corrected chi connectivity index (χ2v) is 9.30. The van der Waals surface area contributed by atoms with Crippen molar-refractivity contribution in [1.82, 2.24) is 10.2 Å². The molecule has 1 aliphatic heterocycles. The van der Waals surface area contributed by atoms with E-state index in [9.17, 15) is 14.4 Å². The van der Waals surface area contributed by atoms with Gasteiger partial charge in [0.05, 0.1) is 11.8 Å². The van der Waals surface area contributed by atoms with Gasteiger partial charge in [0, 0.05) is 31.8 Å². The quantitative estimate of drug-likeness (QED) is 0.414. The average Bonchev–Trinajstić information content (AvgIpc) is 3.12. The van der Waals surface area contributed by atoms with Crippen molar-refractivity contribution < 1.29 is 19.5 Å². The maximum atomic E-state index is 13.6. The highest BCUT2D eigenvalue weighted by atomic mass is 16.3. The topological polar surface area (TPSA) is 98.7 Å². The molecule has 7 heteroatoms. The Morgan fingerprint density at radius 2 is 1.76 bits per heavy atom. The molecule has 0 aromatic heterocycles. The Kier molecular flexibility index (Phi) is 7.32. The molecule has 180 valence electrons. The van der Waals surface area contributed by atoms with Crippen molar-refractivity contribution in [3.8, 4) is 0 Å². The summed E-state index contributed by atoms with van der Waals surface area (Å²) < 4.78 is 0. The number of rotatable bonds is 8. The van der Waals surface area contributed by atoms with E-state index in [1.165, 1.54) is 0 Å². The fourth-order valence-electron chi connectivity index (χ4n) is 5.45. The van der Waals surface area contributed by atoms with Crippen LogP contribution in [0.2, 0.25) is 0 Å². The minimum absolute atomic E-state index is 0.0938. The molecular weight excluding hydrogens is 430 g/mol. The number of carbonyl (C=O) groups is 3. The molecule has 0 bridgehead atoms. The third-order valence-corrected chi connectivity index (χ3v) is 7.17. The summed E-state index contributed by atoms with van der Waals surface area (Å²) in [7, 11) is 1.58. The first-order chi connectivity index (χ1) is 16.5. The monoisotopic (exact) mass is 463 g/mol. The van der Waals surface area contributed by atoms with E-state index in [1.54, 1.807) is 11.9 Å². The van der Waals surface area contributed by atoms with Crippen molar-refractivity contribution >= 4 is 34.2 Å². The van der Waals surface area contributed by atoms with E-state index in [0.29, 0.717) is 25.1 Å². The van der Waals surface area contributed by atoms with Gasteiger partial charge in [-0.25, -0.2) is 0 Å². The van der Waals surface area contributed by atoms with E-state index in [1.807, 2.05) is 61.5 Å². The van der Waals surface area contributed by atoms with Gasteiger partial charge in [-0.15, -0.1) is 0 Å². The van der Waals surface area contributed by atoms with Crippen LogP contribution in [0.25, 0.3) is 10.8 Å². The molecule has 0 unspecified atom stereocenters. The number of likely N-dealkylation sites (tertiary alicyclic amines) is 1. The fourth-order valence-corrected chi connectivity index (χ4v) is 5.45. The molecule has 34 heavy (non-hydrogen) atoms. The van der Waals surface area contributed by atoms with Gasteiger partial charge in [0.15, 0.2) is 0 Å². The number of anilines is 1. The average molecular weight is 464 g/mol. The highest BCUT2D eigenvalue weighted by Gasteiger charge is 2.56. The summed E-state index contributed by atoms with van der Waals surface area (Å²) in [6.07, 6.45) is 6.01. The summed E-state index contributed by atoms with van der Waals surface area (Å²) in [6.45, 7) is 2.46. The molecule has 2 aromatic carbocycles.